The Morgan fingerprint density at radius 2 is 0.830 bits per heavy atom. The van der Waals surface area contributed by atoms with Crippen molar-refractivity contribution in [1.82, 2.24) is 69.2 Å². The van der Waals surface area contributed by atoms with Gasteiger partial charge in [0.2, 0.25) is 22.5 Å². The minimum atomic E-state index is -1.75. The monoisotopic (exact) mass is 1600 g/mol. The Morgan fingerprint density at radius 3 is 1.17 bits per heavy atom. The average Bonchev–Trinajstić information content (AvgIpc) is 1.61. The fraction of sp³-hybridized carbons (Fsp3) is 0.185. The van der Waals surface area contributed by atoms with Crippen molar-refractivity contribution in [3.05, 3.63) is 216 Å². The van der Waals surface area contributed by atoms with Crippen LogP contribution in [0.3, 0.4) is 0 Å². The van der Waals surface area contributed by atoms with E-state index in [4.69, 9.17) is 102 Å². The molecular weight excluding hydrogens is 1550 g/mol. The number of carboxylic acid groups (broad SMARTS) is 1. The van der Waals surface area contributed by atoms with Crippen LogP contribution in [-0.2, 0) is 14.2 Å². The van der Waals surface area contributed by atoms with Gasteiger partial charge in [0.1, 0.15) is 23.3 Å². The normalized spacial score (nSPS) is 12.3. The molecule has 0 bridgehead atoms. The fourth-order valence-corrected chi connectivity index (χ4v) is 9.98. The van der Waals surface area contributed by atoms with E-state index in [0.29, 0.717) is 57.2 Å². The van der Waals surface area contributed by atoms with Crippen molar-refractivity contribution in [3.8, 4) is 33.8 Å². The van der Waals surface area contributed by atoms with E-state index in [2.05, 4.69) is 80.0 Å². The first-order chi connectivity index (χ1) is 49.7. The fourth-order valence-electron chi connectivity index (χ4n) is 8.85. The molecule has 0 unspecified atom stereocenters. The van der Waals surface area contributed by atoms with Crippen molar-refractivity contribution in [2.75, 3.05) is 37.7 Å². The molecule has 546 valence electrons. The number of aromatic nitrogens is 14. The number of hydrogen-bond donors (Lipinski definition) is 6. The molecule has 0 radical (unpaired) electrons. The van der Waals surface area contributed by atoms with E-state index in [-0.39, 0.29) is 99.6 Å². The van der Waals surface area contributed by atoms with Crippen LogP contribution in [0.5, 0.6) is 0 Å². The molecule has 28 nitrogen and oxygen atoms in total. The van der Waals surface area contributed by atoms with E-state index in [1.54, 1.807) is 24.7 Å². The third-order valence-corrected chi connectivity index (χ3v) is 16.3. The number of ether oxygens (including phenoxy) is 3. The summed E-state index contributed by atoms with van der Waals surface area (Å²) in [6.07, 6.45) is 23.3. The van der Waals surface area contributed by atoms with Gasteiger partial charge in [-0.25, -0.2) is 76.6 Å². The molecule has 0 aliphatic heterocycles. The van der Waals surface area contributed by atoms with Gasteiger partial charge in [0, 0.05) is 35.3 Å². The Labute approximate surface area is 656 Å². The standard InChI is InChI=1S/C18H15ClFN5O2.C17H13ClFN5O2.C12H7Cl2FN2O2.C8H8BFO4.C6H9N3.C4HCl3N2.Na.H2O/c1-27-17(26)13-5-2-10(6-15(13)20)16-14(19)8-21-18(24-16)23-11-7-22-25(9-11)12-3-4-12;18-13-7-20-17(22-10-6-21-24(8-10)11-2-3-11)23-15(13)9-1-4-12(16(25)26)14(19)5-9;1-19-11(18)7-3-2-6(4-9(7)15)10-8(13)5-16-12(14)17-10;1-14-8(11)6-3-2-5(9(12)13)4-7(6)10;7-5-3-8-9(4-5)6-1-2-6;5-2-1-8-4(7)9-3(2)6;;/h2,5-9,12H,3-4H2,1H3,(H,21,23,24);1,4-8,11H,2-3H2,(H,25,26)(H,20,22,23);2-5H,1H3;2-4,12-13H,1H3;3-4,6H,1-2,7H2;1H;;1H2/q;;;;;;+1;/p-1. The number of hydrogen-bond acceptors (Lipinski definition) is 24. The third kappa shape index (κ3) is 23.4. The van der Waals surface area contributed by atoms with E-state index in [1.165, 1.54) is 94.3 Å². The van der Waals surface area contributed by atoms with Crippen LogP contribution in [0.15, 0.2) is 135 Å². The van der Waals surface area contributed by atoms with Gasteiger partial charge in [-0.2, -0.15) is 15.3 Å². The third-order valence-electron chi connectivity index (χ3n) is 14.4. The van der Waals surface area contributed by atoms with Crippen molar-refractivity contribution >= 4 is 147 Å². The maximum atomic E-state index is 14.2. The molecule has 4 aromatic carbocycles. The number of halogens is 11. The number of carboxylic acids is 1. The summed E-state index contributed by atoms with van der Waals surface area (Å²) in [7, 11) is 1.75. The number of nitrogens with one attached hydrogen (secondary N) is 2. The van der Waals surface area contributed by atoms with Gasteiger partial charge < -0.3 is 51.2 Å². The molecule has 3 saturated carbocycles. The molecular formula is C65H54BCl7F4N17NaO11. The maximum absolute atomic E-state index is 14.2. The Morgan fingerprint density at radius 1 is 0.481 bits per heavy atom. The smallest absolute Gasteiger partial charge is 0.870 e. The molecule has 3 aliphatic rings. The SMILES string of the molecule is COC(=O)c1ccc(-c2nc(Cl)ncc2Cl)cc1F.COC(=O)c1ccc(-c2nc(Nc3cnn(C4CC4)c3)ncc2Cl)cc1F.COC(=O)c1ccc(B(O)O)cc1F.Clc1ncc(Cl)c(Cl)n1.Nc1cnn(C2CC2)c1.O=C(O)c1ccc(-c2nc(Nc3cnn(C4CC4)c3)ncc2Cl)cc1F.[Na+].[OH-]. The Hall–Kier alpha value is -9.20. The number of carbonyl (C=O) groups is 4. The van der Waals surface area contributed by atoms with Crippen LogP contribution < -0.4 is 51.4 Å². The maximum Gasteiger partial charge on any atom is 1.00 e. The summed E-state index contributed by atoms with van der Waals surface area (Å²) in [5, 5.41) is 46.4. The van der Waals surface area contributed by atoms with Crippen LogP contribution in [0.2, 0.25) is 35.8 Å². The molecule has 8 N–H and O–H groups in total. The topological polar surface area (TPSA) is 393 Å². The second-order valence-corrected chi connectivity index (χ2v) is 24.6. The zero-order valence-electron chi connectivity index (χ0n) is 55.4. The number of benzene rings is 4. The summed E-state index contributed by atoms with van der Waals surface area (Å²) in [5.41, 5.74) is 8.83. The molecule has 3 aliphatic carbocycles. The number of aromatic carboxylic acids is 1. The molecule has 106 heavy (non-hydrogen) atoms. The molecule has 14 rings (SSSR count). The summed E-state index contributed by atoms with van der Waals surface area (Å²) >= 11 is 40.2. The van der Waals surface area contributed by atoms with Gasteiger partial charge in [0.25, 0.3) is 0 Å². The van der Waals surface area contributed by atoms with Gasteiger partial charge in [-0.15, -0.1) is 0 Å². The Balaban J connectivity index is 0.000000185. The van der Waals surface area contributed by atoms with E-state index in [1.807, 2.05) is 32.6 Å². The number of carbonyl (C=O) groups excluding carboxylic acids is 3. The number of nitrogens with two attached hydrogens (primary N) is 1. The minimum Gasteiger partial charge on any atom is -0.870 e. The van der Waals surface area contributed by atoms with Crippen LogP contribution in [0.1, 0.15) is 98.1 Å². The number of anilines is 5. The number of rotatable bonds is 15. The van der Waals surface area contributed by atoms with Crippen LogP contribution in [-0.4, -0.2) is 142 Å². The largest absolute Gasteiger partial charge is 1.00 e. The van der Waals surface area contributed by atoms with Gasteiger partial charge in [-0.1, -0.05) is 82.3 Å². The van der Waals surface area contributed by atoms with Crippen LogP contribution in [0.4, 0.5) is 46.5 Å². The molecule has 41 heteroatoms. The molecule has 0 saturated heterocycles. The van der Waals surface area contributed by atoms with Gasteiger partial charge in [-0.3, -0.25) is 14.0 Å². The van der Waals surface area contributed by atoms with Crippen LogP contribution >= 0.6 is 81.2 Å². The van der Waals surface area contributed by atoms with Crippen LogP contribution in [0, 0.1) is 23.3 Å². The number of nitrogens with zero attached hydrogens (tertiary/aromatic N) is 14. The zero-order chi connectivity index (χ0) is 75.1. The molecule has 7 aromatic heterocycles. The van der Waals surface area contributed by atoms with Crippen molar-refractivity contribution in [2.45, 2.75) is 56.7 Å². The van der Waals surface area contributed by atoms with E-state index < -0.39 is 59.8 Å². The molecule has 0 atom stereocenters. The summed E-state index contributed by atoms with van der Waals surface area (Å²) in [5.74, 6) is -6.19. The first-order valence-corrected chi connectivity index (χ1v) is 32.9. The molecule has 3 fully saturated rings. The second kappa shape index (κ2) is 38.9. The number of nitrogen functional groups attached to an aromatic ring is 1. The predicted molar refractivity (Wildman–Crippen MR) is 381 cm³/mol. The minimum absolute atomic E-state index is 0. The summed E-state index contributed by atoms with van der Waals surface area (Å²) in [6, 6.07) is 16.6. The van der Waals surface area contributed by atoms with Crippen molar-refractivity contribution < 1.29 is 101 Å². The number of methoxy groups -OCH3 is 3. The molecule has 11 aromatic rings. The summed E-state index contributed by atoms with van der Waals surface area (Å²) in [4.78, 5) is 76.4. The summed E-state index contributed by atoms with van der Waals surface area (Å²) in [6.45, 7) is 0. The van der Waals surface area contributed by atoms with Crippen molar-refractivity contribution in [1.29, 1.82) is 0 Å². The first-order valence-electron chi connectivity index (χ1n) is 30.2. The van der Waals surface area contributed by atoms with E-state index >= 15 is 0 Å². The van der Waals surface area contributed by atoms with Crippen molar-refractivity contribution in [2.24, 2.45) is 0 Å². The van der Waals surface area contributed by atoms with Gasteiger partial charge >= 0.3 is 60.6 Å². The molecule has 0 amide bonds. The van der Waals surface area contributed by atoms with Crippen LogP contribution in [0.25, 0.3) is 33.8 Å². The van der Waals surface area contributed by atoms with Gasteiger partial charge in [0.15, 0.2) is 5.15 Å². The molecule has 0 spiro atoms. The summed E-state index contributed by atoms with van der Waals surface area (Å²) < 4.78 is 74.1. The Kier molecular flexibility index (Phi) is 30.8. The zero-order valence-corrected chi connectivity index (χ0v) is 62.7. The van der Waals surface area contributed by atoms with Gasteiger partial charge in [0.05, 0.1) is 159 Å². The number of esters is 3. The predicted octanol–water partition coefficient (Wildman–Crippen LogP) is 10.6. The van der Waals surface area contributed by atoms with E-state index in [9.17, 15) is 36.7 Å². The first kappa shape index (κ1) is 84.1. The van der Waals surface area contributed by atoms with Crippen molar-refractivity contribution in [3.63, 3.8) is 0 Å². The quantitative estimate of drug-likeness (QED) is 0.0139. The average molecular weight is 1610 g/mol. The molecule has 7 heterocycles. The van der Waals surface area contributed by atoms with Gasteiger partial charge in [-0.05, 0) is 116 Å². The Bertz CT molecular complexity index is 4950. The second-order valence-electron chi connectivity index (χ2n) is 22.0. The van der Waals surface area contributed by atoms with E-state index in [0.717, 1.165) is 74.1 Å².